The Bertz CT molecular complexity index is 299. The Kier molecular flexibility index (Phi) is 14.7. The van der Waals surface area contributed by atoms with E-state index in [9.17, 15) is 0 Å². The predicted molar refractivity (Wildman–Crippen MR) is 106 cm³/mol. The fraction of sp³-hybridized carbons (Fsp3) is 0.889. The molecule has 0 aliphatic rings. The zero-order chi connectivity index (χ0) is 18.2. The maximum Gasteiger partial charge on any atom is 0.163 e. The van der Waals surface area contributed by atoms with Gasteiger partial charge in [-0.05, 0) is 38.8 Å². The van der Waals surface area contributed by atoms with Crippen LogP contribution in [-0.2, 0) is 0 Å². The van der Waals surface area contributed by atoms with E-state index in [-0.39, 0.29) is 0 Å². The minimum absolute atomic E-state index is 0.360. The minimum atomic E-state index is 0.360. The molecule has 6 nitrogen and oxygen atoms in total. The van der Waals surface area contributed by atoms with Gasteiger partial charge in [-0.3, -0.25) is 10.8 Å². The molecule has 24 heavy (non-hydrogen) atoms. The van der Waals surface area contributed by atoms with Crippen molar-refractivity contribution in [2.75, 3.05) is 52.4 Å². The molecule has 0 rings (SSSR count). The third-order valence-corrected chi connectivity index (χ3v) is 3.81. The third-order valence-electron chi connectivity index (χ3n) is 3.81. The molecule has 0 aliphatic carbocycles. The monoisotopic (exact) mass is 340 g/mol. The van der Waals surface area contributed by atoms with Gasteiger partial charge < -0.3 is 20.4 Å². The van der Waals surface area contributed by atoms with E-state index in [0.29, 0.717) is 11.7 Å². The molecule has 0 bridgehead atoms. The lowest BCUT2D eigenvalue weighted by molar-refractivity contribution is 0.385. The molecule has 0 atom stereocenters. The number of nitrogens with zero attached hydrogens (tertiary/aromatic N) is 2. The second-order valence-corrected chi connectivity index (χ2v) is 6.17. The van der Waals surface area contributed by atoms with Crippen molar-refractivity contribution in [3.05, 3.63) is 0 Å². The van der Waals surface area contributed by atoms with Gasteiger partial charge in [0.05, 0.1) is 0 Å². The maximum absolute atomic E-state index is 8.47. The Morgan fingerprint density at radius 2 is 0.958 bits per heavy atom. The zero-order valence-electron chi connectivity index (χ0n) is 16.4. The fourth-order valence-corrected chi connectivity index (χ4v) is 2.54. The van der Waals surface area contributed by atoms with Crippen LogP contribution in [0.25, 0.3) is 0 Å². The molecular formula is C18H40N6. The van der Waals surface area contributed by atoms with E-state index < -0.39 is 0 Å². The molecule has 0 radical (unpaired) electrons. The number of nitrogens with one attached hydrogen (secondary N) is 4. The molecule has 6 heteroatoms. The van der Waals surface area contributed by atoms with E-state index in [1.165, 1.54) is 0 Å². The van der Waals surface area contributed by atoms with Crippen LogP contribution in [0.2, 0.25) is 0 Å². The molecule has 0 aromatic carbocycles. The normalized spacial score (nSPS) is 10.7. The second-order valence-electron chi connectivity index (χ2n) is 6.17. The highest BCUT2D eigenvalue weighted by Crippen LogP contribution is 2.01. The summed E-state index contributed by atoms with van der Waals surface area (Å²) >= 11 is 0. The van der Waals surface area contributed by atoms with Crippen molar-refractivity contribution in [3.8, 4) is 0 Å². The van der Waals surface area contributed by atoms with E-state index in [2.05, 4.69) is 38.3 Å². The van der Waals surface area contributed by atoms with Gasteiger partial charge in [0.15, 0.2) is 11.7 Å². The van der Waals surface area contributed by atoms with Crippen molar-refractivity contribution in [1.82, 2.24) is 20.4 Å². The number of amidine groups is 2. The molecular weight excluding hydrogens is 300 g/mol. The molecule has 0 aliphatic heterocycles. The summed E-state index contributed by atoms with van der Waals surface area (Å²) in [7, 11) is 0. The molecule has 0 unspecified atom stereocenters. The van der Waals surface area contributed by atoms with Gasteiger partial charge in [-0.25, -0.2) is 0 Å². The Balaban J connectivity index is 4.59. The van der Waals surface area contributed by atoms with Crippen molar-refractivity contribution in [3.63, 3.8) is 0 Å². The lowest BCUT2D eigenvalue weighted by Gasteiger charge is -2.31. The molecule has 0 amide bonds. The summed E-state index contributed by atoms with van der Waals surface area (Å²) in [6, 6.07) is 0. The van der Waals surface area contributed by atoms with Gasteiger partial charge in [0.2, 0.25) is 0 Å². The van der Waals surface area contributed by atoms with Crippen molar-refractivity contribution < 1.29 is 0 Å². The minimum Gasteiger partial charge on any atom is -0.353 e. The number of rotatable bonds is 14. The molecule has 0 saturated carbocycles. The van der Waals surface area contributed by atoms with Gasteiger partial charge >= 0.3 is 0 Å². The second kappa shape index (κ2) is 15.4. The van der Waals surface area contributed by atoms with E-state index in [0.717, 1.165) is 78.0 Å². The lowest BCUT2D eigenvalue weighted by atomic mass is 10.3. The molecule has 142 valence electrons. The number of hydrogen-bond donors (Lipinski definition) is 4. The first-order valence-corrected chi connectivity index (χ1v) is 9.70. The summed E-state index contributed by atoms with van der Waals surface area (Å²) in [6.07, 6.45) is 4.23. The molecule has 0 fully saturated rings. The number of hydrogen-bond acceptors (Lipinski definition) is 4. The van der Waals surface area contributed by atoms with Crippen molar-refractivity contribution >= 4 is 11.7 Å². The van der Waals surface area contributed by atoms with Crippen LogP contribution in [0.5, 0.6) is 0 Å². The Hall–Kier alpha value is -1.14. The first kappa shape index (κ1) is 22.9. The smallest absolute Gasteiger partial charge is 0.163 e. The average Bonchev–Trinajstić information content (AvgIpc) is 2.59. The zero-order valence-corrected chi connectivity index (χ0v) is 16.4. The van der Waals surface area contributed by atoms with Crippen molar-refractivity contribution in [1.29, 1.82) is 10.8 Å². The third kappa shape index (κ3) is 9.88. The van der Waals surface area contributed by atoms with E-state index in [1.54, 1.807) is 0 Å². The average molecular weight is 341 g/mol. The maximum atomic E-state index is 8.47. The lowest BCUT2D eigenvalue weighted by Crippen LogP contribution is -2.48. The highest BCUT2D eigenvalue weighted by Gasteiger charge is 2.18. The van der Waals surface area contributed by atoms with Crippen molar-refractivity contribution in [2.45, 2.75) is 53.4 Å². The van der Waals surface area contributed by atoms with E-state index >= 15 is 0 Å². The van der Waals surface area contributed by atoms with Gasteiger partial charge in [-0.1, -0.05) is 27.7 Å². The first-order chi connectivity index (χ1) is 11.6. The van der Waals surface area contributed by atoms with Gasteiger partial charge in [-0.2, -0.15) is 0 Å². The standard InChI is InChI=1S/C18H40N6/c1-5-9-21-11-15-23(13-7-3)17(19)18(20)24(14-8-4)16-12-22-10-6-2/h19-22H,5-16H2,1-4H3. The predicted octanol–water partition coefficient (Wildman–Crippen LogP) is 2.36. The van der Waals surface area contributed by atoms with Crippen LogP contribution >= 0.6 is 0 Å². The summed E-state index contributed by atoms with van der Waals surface area (Å²) in [5.41, 5.74) is 0. The van der Waals surface area contributed by atoms with Gasteiger partial charge in [0, 0.05) is 39.3 Å². The van der Waals surface area contributed by atoms with Crippen LogP contribution in [0.3, 0.4) is 0 Å². The molecule has 0 spiro atoms. The summed E-state index contributed by atoms with van der Waals surface area (Å²) in [5, 5.41) is 23.7. The fourth-order valence-electron chi connectivity index (χ4n) is 2.54. The van der Waals surface area contributed by atoms with Crippen molar-refractivity contribution in [2.24, 2.45) is 0 Å². The summed E-state index contributed by atoms with van der Waals surface area (Å²) in [4.78, 5) is 4.07. The van der Waals surface area contributed by atoms with Crippen LogP contribution in [0.15, 0.2) is 0 Å². The van der Waals surface area contributed by atoms with Gasteiger partial charge in [0.1, 0.15) is 0 Å². The van der Waals surface area contributed by atoms with E-state index in [4.69, 9.17) is 10.8 Å². The highest BCUT2D eigenvalue weighted by atomic mass is 15.3. The van der Waals surface area contributed by atoms with Crippen LogP contribution in [0.1, 0.15) is 53.4 Å². The molecule has 0 saturated heterocycles. The van der Waals surface area contributed by atoms with Crippen LogP contribution in [0, 0.1) is 10.8 Å². The van der Waals surface area contributed by atoms with Crippen LogP contribution < -0.4 is 10.6 Å². The van der Waals surface area contributed by atoms with E-state index in [1.807, 2.05) is 9.80 Å². The summed E-state index contributed by atoms with van der Waals surface area (Å²) < 4.78 is 0. The topological polar surface area (TPSA) is 78.2 Å². The van der Waals surface area contributed by atoms with Crippen LogP contribution in [0.4, 0.5) is 0 Å². The molecule has 0 heterocycles. The Morgan fingerprint density at radius 3 is 1.25 bits per heavy atom. The van der Waals surface area contributed by atoms with Gasteiger partial charge in [0.25, 0.3) is 0 Å². The molecule has 0 aromatic rings. The summed E-state index contributed by atoms with van der Waals surface area (Å²) in [5.74, 6) is 0.721. The SMILES string of the molecule is CCCNCCN(CCC)C(=N)C(=N)N(CCC)CCNCCC. The largest absolute Gasteiger partial charge is 0.353 e. The van der Waals surface area contributed by atoms with Gasteiger partial charge in [-0.15, -0.1) is 0 Å². The quantitative estimate of drug-likeness (QED) is 0.222. The van der Waals surface area contributed by atoms with Crippen LogP contribution in [-0.4, -0.2) is 73.8 Å². The first-order valence-electron chi connectivity index (χ1n) is 9.70. The molecule has 0 aromatic heterocycles. The Labute approximate surface area is 149 Å². The highest BCUT2D eigenvalue weighted by molar-refractivity contribution is 6.37. The Morgan fingerprint density at radius 1 is 0.583 bits per heavy atom. The molecule has 4 N–H and O–H groups in total. The summed E-state index contributed by atoms with van der Waals surface area (Å²) in [6.45, 7) is 15.6.